The SMILES string of the molecule is CC(C)C(=O)N1N=C(c2ccsc2)C[C@H]1c1ccc2nccnc2c1. The molecule has 0 aliphatic carbocycles. The fourth-order valence-electron chi connectivity index (χ4n) is 3.03. The van der Waals surface area contributed by atoms with Crippen LogP contribution in [0.2, 0.25) is 0 Å². The second kappa shape index (κ2) is 6.37. The molecule has 5 nitrogen and oxygen atoms in total. The van der Waals surface area contributed by atoms with E-state index in [9.17, 15) is 4.79 Å². The van der Waals surface area contributed by atoms with Gasteiger partial charge in [-0.25, -0.2) is 5.01 Å². The standard InChI is InChI=1S/C19H18N4OS/c1-12(2)19(24)23-18(10-16(22-23)14-5-8-25-11-14)13-3-4-15-17(9-13)21-7-6-20-15/h3-9,11-12,18H,10H2,1-2H3/t18-/m0/s1. The highest BCUT2D eigenvalue weighted by Crippen LogP contribution is 2.35. The van der Waals surface area contributed by atoms with Crippen LogP contribution in [0.3, 0.4) is 0 Å². The molecule has 2 aromatic heterocycles. The van der Waals surface area contributed by atoms with E-state index in [0.29, 0.717) is 6.42 Å². The Labute approximate surface area is 150 Å². The van der Waals surface area contributed by atoms with Crippen LogP contribution in [0.4, 0.5) is 0 Å². The Morgan fingerprint density at radius 2 is 2.00 bits per heavy atom. The molecular formula is C19H18N4OS. The summed E-state index contributed by atoms with van der Waals surface area (Å²) in [4.78, 5) is 21.4. The Morgan fingerprint density at radius 1 is 1.20 bits per heavy atom. The molecule has 126 valence electrons. The van der Waals surface area contributed by atoms with Gasteiger partial charge in [0.1, 0.15) is 0 Å². The summed E-state index contributed by atoms with van der Waals surface area (Å²) in [5.41, 5.74) is 4.77. The number of carbonyl (C=O) groups is 1. The van der Waals surface area contributed by atoms with E-state index < -0.39 is 0 Å². The van der Waals surface area contributed by atoms with E-state index in [0.717, 1.165) is 27.9 Å². The predicted octanol–water partition coefficient (Wildman–Crippen LogP) is 4.03. The van der Waals surface area contributed by atoms with Crippen LogP contribution < -0.4 is 0 Å². The number of nitrogens with zero attached hydrogens (tertiary/aromatic N) is 4. The number of hydrazone groups is 1. The number of amides is 1. The van der Waals surface area contributed by atoms with Crippen LogP contribution in [0.25, 0.3) is 11.0 Å². The third-order valence-electron chi connectivity index (χ3n) is 4.36. The van der Waals surface area contributed by atoms with Gasteiger partial charge in [-0.3, -0.25) is 14.8 Å². The molecule has 1 atom stereocenters. The molecule has 0 fully saturated rings. The Bertz CT molecular complexity index is 949. The molecule has 0 saturated heterocycles. The van der Waals surface area contributed by atoms with Gasteiger partial charge in [-0.15, -0.1) is 0 Å². The van der Waals surface area contributed by atoms with Gasteiger partial charge in [-0.05, 0) is 34.5 Å². The lowest BCUT2D eigenvalue weighted by Gasteiger charge is -2.23. The highest BCUT2D eigenvalue weighted by Gasteiger charge is 2.34. The van der Waals surface area contributed by atoms with E-state index in [1.54, 1.807) is 28.7 Å². The summed E-state index contributed by atoms with van der Waals surface area (Å²) in [6.07, 6.45) is 4.08. The first-order valence-corrected chi connectivity index (χ1v) is 9.21. The number of hydrogen-bond acceptors (Lipinski definition) is 5. The summed E-state index contributed by atoms with van der Waals surface area (Å²) in [6, 6.07) is 7.94. The number of fused-ring (bicyclic) bond motifs is 1. The Morgan fingerprint density at radius 3 is 2.72 bits per heavy atom. The second-order valence-corrected chi connectivity index (χ2v) is 7.20. The van der Waals surface area contributed by atoms with E-state index in [2.05, 4.69) is 26.5 Å². The van der Waals surface area contributed by atoms with Gasteiger partial charge in [-0.2, -0.15) is 16.4 Å². The van der Waals surface area contributed by atoms with Gasteiger partial charge in [0, 0.05) is 30.3 Å². The molecule has 3 heterocycles. The van der Waals surface area contributed by atoms with Crippen LogP contribution in [0.15, 0.2) is 52.5 Å². The molecule has 1 amide bonds. The van der Waals surface area contributed by atoms with Gasteiger partial charge in [0.25, 0.3) is 0 Å². The molecule has 25 heavy (non-hydrogen) atoms. The third-order valence-corrected chi connectivity index (χ3v) is 5.05. The molecule has 0 saturated carbocycles. The largest absolute Gasteiger partial charge is 0.273 e. The van der Waals surface area contributed by atoms with Crippen LogP contribution in [-0.2, 0) is 4.79 Å². The van der Waals surface area contributed by atoms with Gasteiger partial charge >= 0.3 is 0 Å². The van der Waals surface area contributed by atoms with Crippen molar-refractivity contribution in [3.05, 3.63) is 58.5 Å². The van der Waals surface area contributed by atoms with Gasteiger partial charge in [0.15, 0.2) is 0 Å². The fourth-order valence-corrected chi connectivity index (χ4v) is 3.69. The molecule has 1 aliphatic heterocycles. The van der Waals surface area contributed by atoms with Crippen molar-refractivity contribution in [2.75, 3.05) is 0 Å². The minimum atomic E-state index is -0.103. The third kappa shape index (κ3) is 2.93. The maximum absolute atomic E-state index is 12.7. The summed E-state index contributed by atoms with van der Waals surface area (Å²) in [7, 11) is 0. The topological polar surface area (TPSA) is 58.5 Å². The van der Waals surface area contributed by atoms with E-state index in [1.165, 1.54) is 0 Å². The molecule has 3 aromatic rings. The second-order valence-electron chi connectivity index (χ2n) is 6.42. The summed E-state index contributed by atoms with van der Waals surface area (Å²) in [6.45, 7) is 3.81. The molecule has 6 heteroatoms. The minimum absolute atomic E-state index is 0.0365. The first kappa shape index (κ1) is 15.9. The number of hydrogen-bond donors (Lipinski definition) is 0. The first-order chi connectivity index (χ1) is 12.1. The normalized spacial score (nSPS) is 17.3. The highest BCUT2D eigenvalue weighted by atomic mass is 32.1. The lowest BCUT2D eigenvalue weighted by atomic mass is 9.98. The average Bonchev–Trinajstić information content (AvgIpc) is 3.30. The van der Waals surface area contributed by atoms with Crippen molar-refractivity contribution in [1.29, 1.82) is 0 Å². The lowest BCUT2D eigenvalue weighted by molar-refractivity contribution is -0.136. The van der Waals surface area contributed by atoms with Gasteiger partial charge in [0.05, 0.1) is 22.8 Å². The smallest absolute Gasteiger partial charge is 0.245 e. The van der Waals surface area contributed by atoms with Crippen molar-refractivity contribution in [3.8, 4) is 0 Å². The zero-order valence-electron chi connectivity index (χ0n) is 14.1. The summed E-state index contributed by atoms with van der Waals surface area (Å²) < 4.78 is 0. The quantitative estimate of drug-likeness (QED) is 0.717. The van der Waals surface area contributed by atoms with Crippen molar-refractivity contribution in [2.24, 2.45) is 11.0 Å². The lowest BCUT2D eigenvalue weighted by Crippen LogP contribution is -2.30. The molecule has 1 aromatic carbocycles. The minimum Gasteiger partial charge on any atom is -0.273 e. The summed E-state index contributed by atoms with van der Waals surface area (Å²) in [5, 5.41) is 10.4. The fraction of sp³-hybridized carbons (Fsp3) is 0.263. The summed E-state index contributed by atoms with van der Waals surface area (Å²) in [5.74, 6) is -0.0669. The van der Waals surface area contributed by atoms with Crippen LogP contribution in [0, 0.1) is 5.92 Å². The van der Waals surface area contributed by atoms with Crippen molar-refractivity contribution < 1.29 is 4.79 Å². The zero-order valence-corrected chi connectivity index (χ0v) is 14.9. The number of carbonyl (C=O) groups excluding carboxylic acids is 1. The maximum atomic E-state index is 12.7. The number of aromatic nitrogens is 2. The van der Waals surface area contributed by atoms with Crippen molar-refractivity contribution in [3.63, 3.8) is 0 Å². The molecule has 4 rings (SSSR count). The molecule has 0 bridgehead atoms. The Balaban J connectivity index is 1.74. The summed E-state index contributed by atoms with van der Waals surface area (Å²) >= 11 is 1.64. The zero-order chi connectivity index (χ0) is 17.4. The highest BCUT2D eigenvalue weighted by molar-refractivity contribution is 7.08. The van der Waals surface area contributed by atoms with Crippen molar-refractivity contribution >= 4 is 34.0 Å². The van der Waals surface area contributed by atoms with Crippen LogP contribution >= 0.6 is 11.3 Å². The van der Waals surface area contributed by atoms with E-state index in [-0.39, 0.29) is 17.9 Å². The molecule has 0 N–H and O–H groups in total. The molecule has 0 unspecified atom stereocenters. The number of benzene rings is 1. The van der Waals surface area contributed by atoms with E-state index in [4.69, 9.17) is 0 Å². The maximum Gasteiger partial charge on any atom is 0.245 e. The predicted molar refractivity (Wildman–Crippen MR) is 99.4 cm³/mol. The van der Waals surface area contributed by atoms with Crippen molar-refractivity contribution in [2.45, 2.75) is 26.3 Å². The Hall–Kier alpha value is -2.60. The Kier molecular flexibility index (Phi) is 4.05. The molecule has 0 radical (unpaired) electrons. The van der Waals surface area contributed by atoms with Gasteiger partial charge in [-0.1, -0.05) is 19.9 Å². The average molecular weight is 350 g/mol. The van der Waals surface area contributed by atoms with Gasteiger partial charge < -0.3 is 0 Å². The number of thiophene rings is 1. The monoisotopic (exact) mass is 350 g/mol. The van der Waals surface area contributed by atoms with Crippen LogP contribution in [0.5, 0.6) is 0 Å². The van der Waals surface area contributed by atoms with Crippen LogP contribution in [0.1, 0.15) is 37.4 Å². The van der Waals surface area contributed by atoms with E-state index in [1.807, 2.05) is 37.4 Å². The first-order valence-electron chi connectivity index (χ1n) is 8.27. The van der Waals surface area contributed by atoms with Gasteiger partial charge in [0.2, 0.25) is 5.91 Å². The van der Waals surface area contributed by atoms with Crippen LogP contribution in [-0.4, -0.2) is 26.6 Å². The van der Waals surface area contributed by atoms with Crippen molar-refractivity contribution in [1.82, 2.24) is 15.0 Å². The molecular weight excluding hydrogens is 332 g/mol. The van der Waals surface area contributed by atoms with E-state index >= 15 is 0 Å². The number of rotatable bonds is 3. The molecule has 0 spiro atoms. The molecule has 1 aliphatic rings.